The first-order valence-corrected chi connectivity index (χ1v) is 8.98. The first-order valence-electron chi connectivity index (χ1n) is 8.98. The molecule has 0 aromatic carbocycles. The van der Waals surface area contributed by atoms with E-state index in [1.165, 1.54) is 25.7 Å². The molecule has 1 aliphatic heterocycles. The molecule has 0 radical (unpaired) electrons. The van der Waals surface area contributed by atoms with Crippen LogP contribution in [-0.2, 0) is 19.5 Å². The van der Waals surface area contributed by atoms with Crippen molar-refractivity contribution in [2.75, 3.05) is 7.05 Å². The van der Waals surface area contributed by atoms with E-state index < -0.39 is 0 Å². The Bertz CT molecular complexity index is 511. The number of nitrogens with one attached hydrogen (secondary N) is 2. The van der Waals surface area contributed by atoms with Gasteiger partial charge in [0.25, 0.3) is 0 Å². The van der Waals surface area contributed by atoms with Crippen molar-refractivity contribution in [3.63, 3.8) is 0 Å². The highest BCUT2D eigenvalue weighted by Crippen LogP contribution is 2.14. The number of guanidine groups is 1. The average molecular weight is 448 g/mol. The SMILES string of the molecule is CN=C(NCc1nnc2n1CCCCC2)NC(C)CCC(C)C.I. The molecule has 2 N–H and O–H groups in total. The van der Waals surface area contributed by atoms with Crippen LogP contribution < -0.4 is 10.6 Å². The molecule has 1 aromatic heterocycles. The molecule has 0 fully saturated rings. The number of hydrogen-bond donors (Lipinski definition) is 2. The summed E-state index contributed by atoms with van der Waals surface area (Å²) in [5.74, 6) is 3.72. The molecule has 0 saturated heterocycles. The Morgan fingerprint density at radius 2 is 1.96 bits per heavy atom. The second-order valence-corrected chi connectivity index (χ2v) is 6.94. The zero-order valence-electron chi connectivity index (χ0n) is 15.5. The number of halogens is 1. The Labute approximate surface area is 163 Å². The van der Waals surface area contributed by atoms with Crippen LogP contribution >= 0.6 is 24.0 Å². The number of hydrogen-bond acceptors (Lipinski definition) is 3. The minimum atomic E-state index is 0. The normalized spacial score (nSPS) is 16.1. The minimum Gasteiger partial charge on any atom is -0.354 e. The monoisotopic (exact) mass is 448 g/mol. The molecule has 1 atom stereocenters. The van der Waals surface area contributed by atoms with Gasteiger partial charge in [-0.3, -0.25) is 4.99 Å². The Morgan fingerprint density at radius 1 is 1.17 bits per heavy atom. The lowest BCUT2D eigenvalue weighted by molar-refractivity contribution is 0.488. The number of aromatic nitrogens is 3. The van der Waals surface area contributed by atoms with Crippen LogP contribution in [0, 0.1) is 5.92 Å². The molecule has 2 heterocycles. The quantitative estimate of drug-likeness (QED) is 0.399. The Balaban J connectivity index is 0.00000288. The molecule has 1 unspecified atom stereocenters. The summed E-state index contributed by atoms with van der Waals surface area (Å²) in [7, 11) is 1.81. The van der Waals surface area contributed by atoms with Gasteiger partial charge in [0.15, 0.2) is 11.8 Å². The Hall–Kier alpha value is -0.860. The lowest BCUT2D eigenvalue weighted by Gasteiger charge is -2.18. The number of nitrogens with zero attached hydrogens (tertiary/aromatic N) is 4. The summed E-state index contributed by atoms with van der Waals surface area (Å²) in [4.78, 5) is 4.32. The molecule has 1 aliphatic rings. The summed E-state index contributed by atoms with van der Waals surface area (Å²) in [6.07, 6.45) is 7.15. The van der Waals surface area contributed by atoms with Gasteiger partial charge in [-0.2, -0.15) is 0 Å². The van der Waals surface area contributed by atoms with Gasteiger partial charge < -0.3 is 15.2 Å². The molecular weight excluding hydrogens is 415 g/mol. The highest BCUT2D eigenvalue weighted by atomic mass is 127. The zero-order chi connectivity index (χ0) is 16.7. The third kappa shape index (κ3) is 6.57. The highest BCUT2D eigenvalue weighted by molar-refractivity contribution is 14.0. The second-order valence-electron chi connectivity index (χ2n) is 6.94. The van der Waals surface area contributed by atoms with Gasteiger partial charge in [-0.05, 0) is 38.5 Å². The minimum absolute atomic E-state index is 0. The van der Waals surface area contributed by atoms with Gasteiger partial charge in [-0.25, -0.2) is 0 Å². The molecule has 0 amide bonds. The van der Waals surface area contributed by atoms with Crippen LogP contribution in [0.25, 0.3) is 0 Å². The third-order valence-electron chi connectivity index (χ3n) is 4.38. The maximum absolute atomic E-state index is 4.35. The van der Waals surface area contributed by atoms with Crippen LogP contribution in [0.3, 0.4) is 0 Å². The molecule has 2 rings (SSSR count). The van der Waals surface area contributed by atoms with Gasteiger partial charge in [0.05, 0.1) is 6.54 Å². The van der Waals surface area contributed by atoms with Crippen molar-refractivity contribution in [2.24, 2.45) is 10.9 Å². The van der Waals surface area contributed by atoms with Crippen LogP contribution in [0.2, 0.25) is 0 Å². The molecular formula is C17H33IN6. The van der Waals surface area contributed by atoms with Gasteiger partial charge in [0.1, 0.15) is 5.82 Å². The molecule has 0 bridgehead atoms. The fraction of sp³-hybridized carbons (Fsp3) is 0.824. The second kappa shape index (κ2) is 10.9. The van der Waals surface area contributed by atoms with Crippen molar-refractivity contribution in [2.45, 2.75) is 78.4 Å². The molecule has 7 heteroatoms. The number of aliphatic imine (C=N–C) groups is 1. The van der Waals surface area contributed by atoms with E-state index in [2.05, 4.69) is 51.2 Å². The maximum atomic E-state index is 4.35. The molecule has 24 heavy (non-hydrogen) atoms. The summed E-state index contributed by atoms with van der Waals surface area (Å²) < 4.78 is 2.27. The van der Waals surface area contributed by atoms with Gasteiger partial charge in [0, 0.05) is 26.1 Å². The number of fused-ring (bicyclic) bond motifs is 1. The largest absolute Gasteiger partial charge is 0.354 e. The van der Waals surface area contributed by atoms with Crippen molar-refractivity contribution in [1.29, 1.82) is 0 Å². The highest BCUT2D eigenvalue weighted by Gasteiger charge is 2.15. The van der Waals surface area contributed by atoms with Gasteiger partial charge in [0.2, 0.25) is 0 Å². The smallest absolute Gasteiger partial charge is 0.191 e. The molecule has 0 saturated carbocycles. The van der Waals surface area contributed by atoms with Gasteiger partial charge in [-0.15, -0.1) is 34.2 Å². The van der Waals surface area contributed by atoms with E-state index in [9.17, 15) is 0 Å². The third-order valence-corrected chi connectivity index (χ3v) is 4.38. The first-order chi connectivity index (χ1) is 11.1. The maximum Gasteiger partial charge on any atom is 0.191 e. The molecule has 138 valence electrons. The molecule has 6 nitrogen and oxygen atoms in total. The van der Waals surface area contributed by atoms with Gasteiger partial charge >= 0.3 is 0 Å². The van der Waals surface area contributed by atoms with Crippen LogP contribution in [0.5, 0.6) is 0 Å². The van der Waals surface area contributed by atoms with E-state index in [1.807, 2.05) is 7.05 Å². The Morgan fingerprint density at radius 3 is 2.67 bits per heavy atom. The summed E-state index contributed by atoms with van der Waals surface area (Å²) in [5.41, 5.74) is 0. The van der Waals surface area contributed by atoms with Crippen molar-refractivity contribution >= 4 is 29.9 Å². The summed E-state index contributed by atoms with van der Waals surface area (Å²) in [6, 6.07) is 0.416. The first kappa shape index (κ1) is 21.2. The van der Waals surface area contributed by atoms with Crippen molar-refractivity contribution in [3.8, 4) is 0 Å². The summed E-state index contributed by atoms with van der Waals surface area (Å²) in [5, 5.41) is 15.5. The van der Waals surface area contributed by atoms with E-state index in [0.717, 1.165) is 42.9 Å². The lowest BCUT2D eigenvalue weighted by Crippen LogP contribution is -2.42. The van der Waals surface area contributed by atoms with Crippen molar-refractivity contribution in [1.82, 2.24) is 25.4 Å². The van der Waals surface area contributed by atoms with Crippen molar-refractivity contribution in [3.05, 3.63) is 11.6 Å². The number of rotatable bonds is 6. The average Bonchev–Trinajstić information content (AvgIpc) is 2.76. The molecule has 0 spiro atoms. The summed E-state index contributed by atoms with van der Waals surface area (Å²) in [6.45, 7) is 8.44. The van der Waals surface area contributed by atoms with E-state index in [1.54, 1.807) is 0 Å². The molecule has 0 aliphatic carbocycles. The number of aryl methyl sites for hydroxylation is 1. The van der Waals surface area contributed by atoms with Crippen LogP contribution in [0.15, 0.2) is 4.99 Å². The fourth-order valence-electron chi connectivity index (χ4n) is 2.92. The summed E-state index contributed by atoms with van der Waals surface area (Å²) >= 11 is 0. The van der Waals surface area contributed by atoms with Crippen LogP contribution in [0.4, 0.5) is 0 Å². The topological polar surface area (TPSA) is 67.1 Å². The standard InChI is InChI=1S/C17H32N6.HI/c1-13(2)9-10-14(3)20-17(18-4)19-12-16-22-21-15-8-6-5-7-11-23(15)16;/h13-14H,5-12H2,1-4H3,(H2,18,19,20);1H. The van der Waals surface area contributed by atoms with E-state index in [0.29, 0.717) is 12.6 Å². The van der Waals surface area contributed by atoms with Gasteiger partial charge in [-0.1, -0.05) is 20.3 Å². The van der Waals surface area contributed by atoms with Crippen LogP contribution in [-0.4, -0.2) is 33.8 Å². The van der Waals surface area contributed by atoms with E-state index in [4.69, 9.17) is 0 Å². The molecule has 1 aromatic rings. The van der Waals surface area contributed by atoms with E-state index >= 15 is 0 Å². The predicted octanol–water partition coefficient (Wildman–Crippen LogP) is 3.11. The fourth-order valence-corrected chi connectivity index (χ4v) is 2.92. The lowest BCUT2D eigenvalue weighted by atomic mass is 10.0. The van der Waals surface area contributed by atoms with E-state index in [-0.39, 0.29) is 24.0 Å². The zero-order valence-corrected chi connectivity index (χ0v) is 17.8. The van der Waals surface area contributed by atoms with Crippen LogP contribution in [0.1, 0.15) is 64.5 Å². The Kier molecular flexibility index (Phi) is 9.61. The predicted molar refractivity (Wildman–Crippen MR) is 110 cm³/mol. The van der Waals surface area contributed by atoms with Crippen molar-refractivity contribution < 1.29 is 0 Å².